The van der Waals surface area contributed by atoms with Crippen LogP contribution >= 0.6 is 0 Å². The molecule has 1 N–H and O–H groups in total. The van der Waals surface area contributed by atoms with Gasteiger partial charge in [-0.25, -0.2) is 8.42 Å². The van der Waals surface area contributed by atoms with Crippen LogP contribution in [0, 0.1) is 0 Å². The first-order chi connectivity index (χ1) is 13.1. The fourth-order valence-corrected chi connectivity index (χ4v) is 4.45. The molecule has 1 aliphatic heterocycles. The zero-order valence-electron chi connectivity index (χ0n) is 15.1. The molecule has 7 nitrogen and oxygen atoms in total. The minimum atomic E-state index is -3.48. The van der Waals surface area contributed by atoms with Crippen LogP contribution in [0.4, 0.5) is 0 Å². The lowest BCUT2D eigenvalue weighted by Gasteiger charge is -2.20. The van der Waals surface area contributed by atoms with Gasteiger partial charge in [0.05, 0.1) is 17.7 Å². The van der Waals surface area contributed by atoms with Crippen LogP contribution in [-0.4, -0.2) is 38.3 Å². The number of ether oxygens (including phenoxy) is 1. The van der Waals surface area contributed by atoms with E-state index in [4.69, 9.17) is 9.15 Å². The highest BCUT2D eigenvalue weighted by Crippen LogP contribution is 2.22. The summed E-state index contributed by atoms with van der Waals surface area (Å²) in [5.74, 6) is 0.817. The number of hydrogen-bond acceptors (Lipinski definition) is 5. The second-order valence-corrected chi connectivity index (χ2v) is 8.37. The van der Waals surface area contributed by atoms with Gasteiger partial charge in [-0.05, 0) is 49.2 Å². The van der Waals surface area contributed by atoms with Crippen molar-refractivity contribution in [2.45, 2.75) is 37.1 Å². The summed E-state index contributed by atoms with van der Waals surface area (Å²) in [4.78, 5) is 12.0. The van der Waals surface area contributed by atoms with Gasteiger partial charge in [0.25, 0.3) is 5.91 Å². The van der Waals surface area contributed by atoms with Crippen molar-refractivity contribution < 1.29 is 22.4 Å². The molecule has 0 spiro atoms. The quantitative estimate of drug-likeness (QED) is 0.782. The summed E-state index contributed by atoms with van der Waals surface area (Å²) in [5.41, 5.74) is 0. The molecule has 1 aromatic carbocycles. The Hall–Kier alpha value is -2.32. The highest BCUT2D eigenvalue weighted by Gasteiger charge is 2.25. The van der Waals surface area contributed by atoms with Crippen LogP contribution in [0.15, 0.2) is 52.0 Å². The maximum atomic E-state index is 12.7. The second-order valence-electron chi connectivity index (χ2n) is 6.43. The van der Waals surface area contributed by atoms with Crippen molar-refractivity contribution in [3.63, 3.8) is 0 Å². The molecule has 8 heteroatoms. The first kappa shape index (κ1) is 19.4. The minimum Gasteiger partial charge on any atom is -0.484 e. The number of sulfonamides is 1. The molecule has 2 aromatic rings. The number of hydrogen-bond donors (Lipinski definition) is 1. The van der Waals surface area contributed by atoms with Crippen LogP contribution in [0.3, 0.4) is 0 Å². The van der Waals surface area contributed by atoms with Crippen LogP contribution in [-0.2, 0) is 21.4 Å². The number of amides is 1. The van der Waals surface area contributed by atoms with Gasteiger partial charge in [0.15, 0.2) is 6.61 Å². The van der Waals surface area contributed by atoms with Crippen molar-refractivity contribution in [1.82, 2.24) is 9.62 Å². The van der Waals surface area contributed by atoms with Gasteiger partial charge in [-0.15, -0.1) is 0 Å². The normalized spacial score (nSPS) is 15.9. The number of carbonyl (C=O) groups is 1. The van der Waals surface area contributed by atoms with E-state index in [0.29, 0.717) is 31.1 Å². The van der Waals surface area contributed by atoms with E-state index in [1.165, 1.54) is 12.1 Å². The number of carbonyl (C=O) groups excluding carboxylic acids is 1. The van der Waals surface area contributed by atoms with Gasteiger partial charge >= 0.3 is 0 Å². The van der Waals surface area contributed by atoms with E-state index in [1.807, 2.05) is 0 Å². The summed E-state index contributed by atoms with van der Waals surface area (Å²) in [5, 5.41) is 2.68. The Morgan fingerprint density at radius 3 is 2.41 bits per heavy atom. The maximum Gasteiger partial charge on any atom is 0.258 e. The van der Waals surface area contributed by atoms with Gasteiger partial charge < -0.3 is 14.5 Å². The van der Waals surface area contributed by atoms with E-state index < -0.39 is 10.0 Å². The molecule has 1 aromatic heterocycles. The van der Waals surface area contributed by atoms with Crippen LogP contribution in [0.2, 0.25) is 0 Å². The van der Waals surface area contributed by atoms with E-state index in [9.17, 15) is 13.2 Å². The van der Waals surface area contributed by atoms with Crippen LogP contribution in [0.25, 0.3) is 0 Å². The molecule has 0 unspecified atom stereocenters. The molecular weight excluding hydrogens is 368 g/mol. The van der Waals surface area contributed by atoms with Crippen molar-refractivity contribution in [2.75, 3.05) is 19.7 Å². The zero-order valence-corrected chi connectivity index (χ0v) is 15.9. The summed E-state index contributed by atoms with van der Waals surface area (Å²) in [7, 11) is -3.48. The van der Waals surface area contributed by atoms with Crippen molar-refractivity contribution in [2.24, 2.45) is 0 Å². The molecule has 0 saturated carbocycles. The Morgan fingerprint density at radius 2 is 1.78 bits per heavy atom. The van der Waals surface area contributed by atoms with E-state index in [0.717, 1.165) is 25.7 Å². The molecule has 1 amide bonds. The van der Waals surface area contributed by atoms with Crippen LogP contribution in [0.5, 0.6) is 5.75 Å². The Morgan fingerprint density at radius 1 is 1.07 bits per heavy atom. The Balaban J connectivity index is 1.52. The van der Waals surface area contributed by atoms with Gasteiger partial charge in [0.1, 0.15) is 11.5 Å². The molecule has 0 aliphatic carbocycles. The average Bonchev–Trinajstić information content (AvgIpc) is 3.04. The third-order valence-corrected chi connectivity index (χ3v) is 6.35. The second kappa shape index (κ2) is 9.05. The third kappa shape index (κ3) is 5.33. The molecule has 27 heavy (non-hydrogen) atoms. The third-order valence-electron chi connectivity index (χ3n) is 4.44. The fraction of sp³-hybridized carbons (Fsp3) is 0.421. The van der Waals surface area contributed by atoms with E-state index in [-0.39, 0.29) is 17.4 Å². The molecule has 1 saturated heterocycles. The predicted molar refractivity (Wildman–Crippen MR) is 99.7 cm³/mol. The molecule has 146 valence electrons. The van der Waals surface area contributed by atoms with Gasteiger partial charge in [0.2, 0.25) is 10.0 Å². The van der Waals surface area contributed by atoms with Gasteiger partial charge in [-0.3, -0.25) is 4.79 Å². The van der Waals surface area contributed by atoms with Gasteiger partial charge in [0, 0.05) is 13.1 Å². The molecule has 2 heterocycles. The maximum absolute atomic E-state index is 12.7. The molecule has 1 fully saturated rings. The van der Waals surface area contributed by atoms with E-state index >= 15 is 0 Å². The Kier molecular flexibility index (Phi) is 6.52. The highest BCUT2D eigenvalue weighted by molar-refractivity contribution is 7.89. The smallest absolute Gasteiger partial charge is 0.258 e. The largest absolute Gasteiger partial charge is 0.484 e. The van der Waals surface area contributed by atoms with Gasteiger partial charge in [-0.1, -0.05) is 12.8 Å². The van der Waals surface area contributed by atoms with Crippen molar-refractivity contribution in [3.05, 3.63) is 48.4 Å². The van der Waals surface area contributed by atoms with Gasteiger partial charge in [-0.2, -0.15) is 4.31 Å². The zero-order chi connectivity index (χ0) is 19.1. The average molecular weight is 392 g/mol. The summed E-state index contributed by atoms with van der Waals surface area (Å²) < 4.78 is 37.6. The summed E-state index contributed by atoms with van der Waals surface area (Å²) >= 11 is 0. The van der Waals surface area contributed by atoms with Crippen molar-refractivity contribution in [1.29, 1.82) is 0 Å². The number of rotatable bonds is 7. The summed E-state index contributed by atoms with van der Waals surface area (Å²) in [6.45, 7) is 1.27. The van der Waals surface area contributed by atoms with Crippen LogP contribution in [0.1, 0.15) is 31.4 Å². The molecule has 3 rings (SSSR count). The topological polar surface area (TPSA) is 88.9 Å². The monoisotopic (exact) mass is 392 g/mol. The lowest BCUT2D eigenvalue weighted by Crippen LogP contribution is -2.31. The number of nitrogens with one attached hydrogen (secondary N) is 1. The molecule has 1 aliphatic rings. The standard InChI is InChI=1S/C19H24N2O5S/c22-19(20-14-17-6-5-13-25-17)15-26-16-7-9-18(10-8-16)27(23,24)21-11-3-1-2-4-12-21/h5-10,13H,1-4,11-12,14-15H2,(H,20,22). The van der Waals surface area contributed by atoms with Crippen molar-refractivity contribution >= 4 is 15.9 Å². The number of nitrogens with zero attached hydrogens (tertiary/aromatic N) is 1. The van der Waals surface area contributed by atoms with Crippen molar-refractivity contribution in [3.8, 4) is 5.75 Å². The minimum absolute atomic E-state index is 0.154. The first-order valence-corrected chi connectivity index (χ1v) is 10.5. The number of benzene rings is 1. The van der Waals surface area contributed by atoms with E-state index in [2.05, 4.69) is 5.32 Å². The summed E-state index contributed by atoms with van der Waals surface area (Å²) in [6, 6.07) is 9.71. The lowest BCUT2D eigenvalue weighted by molar-refractivity contribution is -0.123. The Labute approximate surface area is 159 Å². The SMILES string of the molecule is O=C(COc1ccc(S(=O)(=O)N2CCCCCC2)cc1)NCc1ccco1. The summed E-state index contributed by atoms with van der Waals surface area (Å²) in [6.07, 6.45) is 5.47. The van der Waals surface area contributed by atoms with Crippen LogP contribution < -0.4 is 10.1 Å². The first-order valence-electron chi connectivity index (χ1n) is 9.08. The lowest BCUT2D eigenvalue weighted by atomic mass is 10.2. The van der Waals surface area contributed by atoms with E-state index in [1.54, 1.807) is 34.8 Å². The molecular formula is C19H24N2O5S. The number of furan rings is 1. The fourth-order valence-electron chi connectivity index (χ4n) is 2.94. The Bertz CT molecular complexity index is 823. The predicted octanol–water partition coefficient (Wildman–Crippen LogP) is 2.54. The molecule has 0 atom stereocenters. The molecule has 0 radical (unpaired) electrons. The molecule has 0 bridgehead atoms. The highest BCUT2D eigenvalue weighted by atomic mass is 32.2.